The normalized spacial score (nSPS) is 19.6. The Balaban J connectivity index is 1.99. The second-order valence-electron chi connectivity index (χ2n) is 5.93. The molecule has 2 heteroatoms. The van der Waals surface area contributed by atoms with Crippen LogP contribution in [0.5, 0.6) is 0 Å². The highest BCUT2D eigenvalue weighted by molar-refractivity contribution is 5.20. The van der Waals surface area contributed by atoms with E-state index >= 15 is 0 Å². The van der Waals surface area contributed by atoms with Crippen LogP contribution in [0.1, 0.15) is 44.6 Å². The molecule has 2 N–H and O–H groups in total. The molecular formula is C16H25NO. The largest absolute Gasteiger partial charge is 0.394 e. The van der Waals surface area contributed by atoms with Gasteiger partial charge in [0, 0.05) is 12.1 Å². The van der Waals surface area contributed by atoms with E-state index in [-0.39, 0.29) is 12.1 Å². The molecule has 1 fully saturated rings. The first-order chi connectivity index (χ1) is 8.67. The van der Waals surface area contributed by atoms with Gasteiger partial charge in [-0.25, -0.2) is 0 Å². The van der Waals surface area contributed by atoms with Crippen LogP contribution in [0.15, 0.2) is 30.3 Å². The van der Waals surface area contributed by atoms with E-state index in [2.05, 4.69) is 49.5 Å². The first-order valence-corrected chi connectivity index (χ1v) is 7.08. The molecule has 1 saturated carbocycles. The van der Waals surface area contributed by atoms with Gasteiger partial charge in [-0.1, -0.05) is 44.2 Å². The van der Waals surface area contributed by atoms with Gasteiger partial charge in [-0.3, -0.25) is 0 Å². The van der Waals surface area contributed by atoms with E-state index in [1.807, 2.05) is 0 Å². The molecule has 2 rings (SSSR count). The van der Waals surface area contributed by atoms with Crippen LogP contribution in [-0.2, 0) is 0 Å². The minimum absolute atomic E-state index is 0.0158. The molecule has 1 unspecified atom stereocenters. The van der Waals surface area contributed by atoms with Crippen molar-refractivity contribution in [3.8, 4) is 0 Å². The van der Waals surface area contributed by atoms with Crippen molar-refractivity contribution >= 4 is 0 Å². The van der Waals surface area contributed by atoms with E-state index in [1.54, 1.807) is 0 Å². The maximum atomic E-state index is 9.50. The van der Waals surface area contributed by atoms with Crippen molar-refractivity contribution in [1.82, 2.24) is 5.32 Å². The Kier molecular flexibility index (Phi) is 4.41. The fraction of sp³-hybridized carbons (Fsp3) is 0.625. The fourth-order valence-corrected chi connectivity index (χ4v) is 2.76. The Labute approximate surface area is 110 Å². The average molecular weight is 247 g/mol. The number of aliphatic hydroxyl groups is 1. The van der Waals surface area contributed by atoms with Gasteiger partial charge < -0.3 is 10.4 Å². The monoisotopic (exact) mass is 247 g/mol. The lowest BCUT2D eigenvalue weighted by atomic mass is 9.76. The van der Waals surface area contributed by atoms with E-state index in [0.29, 0.717) is 11.8 Å². The van der Waals surface area contributed by atoms with Crippen LogP contribution in [0.2, 0.25) is 0 Å². The van der Waals surface area contributed by atoms with Crippen molar-refractivity contribution in [2.75, 3.05) is 13.2 Å². The van der Waals surface area contributed by atoms with Crippen LogP contribution in [0, 0.1) is 5.92 Å². The van der Waals surface area contributed by atoms with E-state index < -0.39 is 0 Å². The molecule has 2 nitrogen and oxygen atoms in total. The number of benzene rings is 1. The van der Waals surface area contributed by atoms with Gasteiger partial charge in [0.15, 0.2) is 0 Å². The van der Waals surface area contributed by atoms with Gasteiger partial charge in [-0.2, -0.15) is 0 Å². The zero-order valence-corrected chi connectivity index (χ0v) is 11.5. The van der Waals surface area contributed by atoms with Crippen LogP contribution in [0.25, 0.3) is 0 Å². The smallest absolute Gasteiger partial charge is 0.0613 e. The Bertz CT molecular complexity index is 351. The van der Waals surface area contributed by atoms with E-state index in [0.717, 1.165) is 19.4 Å². The quantitative estimate of drug-likeness (QED) is 0.810. The van der Waals surface area contributed by atoms with Crippen LogP contribution < -0.4 is 5.32 Å². The second-order valence-corrected chi connectivity index (χ2v) is 5.93. The highest BCUT2D eigenvalue weighted by atomic mass is 16.3. The van der Waals surface area contributed by atoms with Crippen molar-refractivity contribution < 1.29 is 5.11 Å². The van der Waals surface area contributed by atoms with E-state index in [1.165, 1.54) is 12.0 Å². The summed E-state index contributed by atoms with van der Waals surface area (Å²) in [5.74, 6) is 1.13. The number of aliphatic hydroxyl groups excluding tert-OH is 1. The SMILES string of the molecule is CC(C)C(CNC1(CO)CCC1)c1ccccc1. The minimum Gasteiger partial charge on any atom is -0.394 e. The first-order valence-electron chi connectivity index (χ1n) is 7.08. The minimum atomic E-state index is 0.0158. The molecule has 1 aromatic carbocycles. The summed E-state index contributed by atoms with van der Waals surface area (Å²) in [5, 5.41) is 13.1. The molecule has 0 aromatic heterocycles. The van der Waals surface area contributed by atoms with Crippen molar-refractivity contribution in [2.45, 2.75) is 44.6 Å². The van der Waals surface area contributed by atoms with Gasteiger partial charge in [0.05, 0.1) is 6.61 Å². The molecule has 0 aliphatic heterocycles. The summed E-state index contributed by atoms with van der Waals surface area (Å²) in [6, 6.07) is 10.7. The molecule has 1 aliphatic carbocycles. The summed E-state index contributed by atoms with van der Waals surface area (Å²) >= 11 is 0. The lowest BCUT2D eigenvalue weighted by molar-refractivity contribution is 0.0858. The summed E-state index contributed by atoms with van der Waals surface area (Å²) in [5.41, 5.74) is 1.41. The molecule has 0 amide bonds. The average Bonchev–Trinajstić information content (AvgIpc) is 2.33. The molecule has 0 bridgehead atoms. The molecule has 0 spiro atoms. The molecular weight excluding hydrogens is 222 g/mol. The lowest BCUT2D eigenvalue weighted by Gasteiger charge is -2.42. The molecule has 1 atom stereocenters. The van der Waals surface area contributed by atoms with Gasteiger partial charge in [0.25, 0.3) is 0 Å². The summed E-state index contributed by atoms with van der Waals surface area (Å²) in [6.07, 6.45) is 3.47. The molecule has 0 heterocycles. The number of hydrogen-bond donors (Lipinski definition) is 2. The highest BCUT2D eigenvalue weighted by Crippen LogP contribution is 2.32. The standard InChI is InChI=1S/C16H25NO/c1-13(2)15(14-7-4-3-5-8-14)11-17-16(12-18)9-6-10-16/h3-5,7-8,13,15,17-18H,6,9-12H2,1-2H3. The predicted molar refractivity (Wildman–Crippen MR) is 75.7 cm³/mol. The van der Waals surface area contributed by atoms with Gasteiger partial charge in [-0.05, 0) is 36.7 Å². The zero-order chi connectivity index (χ0) is 13.0. The Hall–Kier alpha value is -0.860. The zero-order valence-electron chi connectivity index (χ0n) is 11.5. The van der Waals surface area contributed by atoms with E-state index in [4.69, 9.17) is 0 Å². The number of rotatable bonds is 6. The summed E-state index contributed by atoms with van der Waals surface area (Å²) < 4.78 is 0. The Morgan fingerprint density at radius 1 is 1.22 bits per heavy atom. The number of nitrogens with one attached hydrogen (secondary N) is 1. The van der Waals surface area contributed by atoms with Gasteiger partial charge in [0.2, 0.25) is 0 Å². The van der Waals surface area contributed by atoms with Crippen LogP contribution >= 0.6 is 0 Å². The van der Waals surface area contributed by atoms with Crippen LogP contribution in [0.3, 0.4) is 0 Å². The number of hydrogen-bond acceptors (Lipinski definition) is 2. The predicted octanol–water partition coefficient (Wildman–Crippen LogP) is 2.93. The Morgan fingerprint density at radius 3 is 2.33 bits per heavy atom. The summed E-state index contributed by atoms with van der Waals surface area (Å²) in [6.45, 7) is 5.77. The molecule has 0 saturated heterocycles. The fourth-order valence-electron chi connectivity index (χ4n) is 2.76. The van der Waals surface area contributed by atoms with Gasteiger partial charge in [0.1, 0.15) is 0 Å². The molecule has 1 aromatic rings. The third-order valence-corrected chi connectivity index (χ3v) is 4.34. The molecule has 0 radical (unpaired) electrons. The third-order valence-electron chi connectivity index (χ3n) is 4.34. The Morgan fingerprint density at radius 2 is 1.89 bits per heavy atom. The van der Waals surface area contributed by atoms with Crippen LogP contribution in [-0.4, -0.2) is 23.8 Å². The van der Waals surface area contributed by atoms with Gasteiger partial charge >= 0.3 is 0 Å². The maximum absolute atomic E-state index is 9.50. The first kappa shape index (κ1) is 13.6. The molecule has 1 aliphatic rings. The summed E-state index contributed by atoms with van der Waals surface area (Å²) in [7, 11) is 0. The van der Waals surface area contributed by atoms with E-state index in [9.17, 15) is 5.11 Å². The third kappa shape index (κ3) is 2.93. The lowest BCUT2D eigenvalue weighted by Crippen LogP contribution is -2.55. The highest BCUT2D eigenvalue weighted by Gasteiger charge is 2.36. The molecule has 18 heavy (non-hydrogen) atoms. The summed E-state index contributed by atoms with van der Waals surface area (Å²) in [4.78, 5) is 0. The topological polar surface area (TPSA) is 32.3 Å². The maximum Gasteiger partial charge on any atom is 0.0613 e. The van der Waals surface area contributed by atoms with Crippen molar-refractivity contribution in [3.63, 3.8) is 0 Å². The van der Waals surface area contributed by atoms with Crippen molar-refractivity contribution in [2.24, 2.45) is 5.92 Å². The van der Waals surface area contributed by atoms with Crippen molar-refractivity contribution in [1.29, 1.82) is 0 Å². The molecule has 100 valence electrons. The van der Waals surface area contributed by atoms with Crippen LogP contribution in [0.4, 0.5) is 0 Å². The second kappa shape index (κ2) is 5.85. The van der Waals surface area contributed by atoms with Crippen molar-refractivity contribution in [3.05, 3.63) is 35.9 Å². The van der Waals surface area contributed by atoms with Gasteiger partial charge in [-0.15, -0.1) is 0 Å².